The van der Waals surface area contributed by atoms with E-state index in [4.69, 9.17) is 0 Å². The monoisotopic (exact) mass is 311 g/mol. The molecule has 0 spiro atoms. The third kappa shape index (κ3) is 4.49. The first-order chi connectivity index (χ1) is 11.0. The van der Waals surface area contributed by atoms with Crippen molar-refractivity contribution in [3.05, 3.63) is 54.1 Å². The molecule has 2 aromatic carbocycles. The van der Waals surface area contributed by atoms with Gasteiger partial charge in [0, 0.05) is 31.2 Å². The number of hydrogen-bond acceptors (Lipinski definition) is 2. The van der Waals surface area contributed by atoms with Crippen LogP contribution in [-0.2, 0) is 0 Å². The molecule has 2 N–H and O–H groups in total. The highest BCUT2D eigenvalue weighted by Crippen LogP contribution is 2.26. The predicted octanol–water partition coefficient (Wildman–Crippen LogP) is 4.91. The van der Waals surface area contributed by atoms with E-state index in [9.17, 15) is 4.79 Å². The second-order valence-electron chi connectivity index (χ2n) is 5.92. The zero-order valence-corrected chi connectivity index (χ0v) is 14.3. The van der Waals surface area contributed by atoms with E-state index in [1.54, 1.807) is 0 Å². The Bertz CT molecular complexity index is 650. The normalized spacial score (nSPS) is 11.7. The number of nitrogens with one attached hydrogen (secondary N) is 2. The Kier molecular flexibility index (Phi) is 5.63. The van der Waals surface area contributed by atoms with Crippen LogP contribution in [0.5, 0.6) is 0 Å². The van der Waals surface area contributed by atoms with Crippen molar-refractivity contribution in [1.82, 2.24) is 0 Å². The van der Waals surface area contributed by atoms with Gasteiger partial charge < -0.3 is 15.5 Å². The van der Waals surface area contributed by atoms with Crippen molar-refractivity contribution in [3.63, 3.8) is 0 Å². The maximum atomic E-state index is 12.2. The van der Waals surface area contributed by atoms with Gasteiger partial charge in [-0.25, -0.2) is 4.79 Å². The molecular formula is C19H25N3O. The lowest BCUT2D eigenvalue weighted by Gasteiger charge is -2.16. The van der Waals surface area contributed by atoms with Gasteiger partial charge in [0.25, 0.3) is 0 Å². The number of carbonyl (C=O) groups is 1. The number of rotatable bonds is 5. The molecule has 0 aliphatic carbocycles. The zero-order valence-electron chi connectivity index (χ0n) is 14.3. The number of amides is 2. The van der Waals surface area contributed by atoms with Crippen molar-refractivity contribution in [1.29, 1.82) is 0 Å². The summed E-state index contributed by atoms with van der Waals surface area (Å²) in [6, 6.07) is 15.5. The van der Waals surface area contributed by atoms with Crippen molar-refractivity contribution < 1.29 is 4.79 Å². The molecule has 0 saturated carbocycles. The quantitative estimate of drug-likeness (QED) is 0.824. The molecule has 2 amide bonds. The minimum Gasteiger partial charge on any atom is -0.378 e. The number of nitrogens with zero attached hydrogens (tertiary/aromatic N) is 1. The summed E-state index contributed by atoms with van der Waals surface area (Å²) < 4.78 is 0. The molecule has 1 unspecified atom stereocenters. The molecule has 0 radical (unpaired) electrons. The van der Waals surface area contributed by atoms with Gasteiger partial charge in [-0.15, -0.1) is 0 Å². The van der Waals surface area contributed by atoms with Gasteiger partial charge in [0.2, 0.25) is 0 Å². The first-order valence-electron chi connectivity index (χ1n) is 7.95. The lowest BCUT2D eigenvalue weighted by molar-refractivity contribution is 0.262. The Morgan fingerprint density at radius 1 is 1.04 bits per heavy atom. The van der Waals surface area contributed by atoms with Gasteiger partial charge in [-0.2, -0.15) is 0 Å². The summed E-state index contributed by atoms with van der Waals surface area (Å²) >= 11 is 0. The SMILES string of the molecule is CCC(C)c1ccccc1NC(=O)Nc1ccc(N(C)C)cc1. The minimum atomic E-state index is -0.224. The van der Waals surface area contributed by atoms with Crippen molar-refractivity contribution in [2.75, 3.05) is 29.6 Å². The summed E-state index contributed by atoms with van der Waals surface area (Å²) in [5, 5.41) is 5.82. The molecule has 4 heteroatoms. The molecule has 2 rings (SSSR count). The summed E-state index contributed by atoms with van der Waals surface area (Å²) in [5.41, 5.74) is 3.89. The fourth-order valence-electron chi connectivity index (χ4n) is 2.39. The van der Waals surface area contributed by atoms with E-state index in [2.05, 4.69) is 30.5 Å². The lowest BCUT2D eigenvalue weighted by Crippen LogP contribution is -2.20. The number of carbonyl (C=O) groups excluding carboxylic acids is 1. The smallest absolute Gasteiger partial charge is 0.323 e. The van der Waals surface area contributed by atoms with Crippen LogP contribution in [0.25, 0.3) is 0 Å². The summed E-state index contributed by atoms with van der Waals surface area (Å²) in [4.78, 5) is 14.3. The van der Waals surface area contributed by atoms with Crippen LogP contribution in [-0.4, -0.2) is 20.1 Å². The standard InChI is InChI=1S/C19H25N3O/c1-5-14(2)17-8-6-7-9-18(17)21-19(23)20-15-10-12-16(13-11-15)22(3)4/h6-14H,5H2,1-4H3,(H2,20,21,23). The highest BCUT2D eigenvalue weighted by Gasteiger charge is 2.11. The van der Waals surface area contributed by atoms with E-state index in [0.717, 1.165) is 29.0 Å². The molecule has 0 aromatic heterocycles. The number of anilines is 3. The molecule has 1 atom stereocenters. The Balaban J connectivity index is 2.05. The van der Waals surface area contributed by atoms with Gasteiger partial charge >= 0.3 is 6.03 Å². The summed E-state index contributed by atoms with van der Waals surface area (Å²) in [6.45, 7) is 4.31. The zero-order chi connectivity index (χ0) is 16.8. The molecular weight excluding hydrogens is 286 g/mol. The van der Waals surface area contributed by atoms with Crippen molar-refractivity contribution in [2.45, 2.75) is 26.2 Å². The van der Waals surface area contributed by atoms with E-state index in [1.807, 2.05) is 61.5 Å². The number of hydrogen-bond donors (Lipinski definition) is 2. The van der Waals surface area contributed by atoms with Crippen LogP contribution >= 0.6 is 0 Å². The van der Waals surface area contributed by atoms with Crippen LogP contribution in [0.2, 0.25) is 0 Å². The predicted molar refractivity (Wildman–Crippen MR) is 98.6 cm³/mol. The molecule has 0 heterocycles. The van der Waals surface area contributed by atoms with Crippen LogP contribution in [0.4, 0.5) is 21.9 Å². The second-order valence-corrected chi connectivity index (χ2v) is 5.92. The van der Waals surface area contributed by atoms with Crippen LogP contribution in [0.1, 0.15) is 31.7 Å². The fraction of sp³-hybridized carbons (Fsp3) is 0.316. The number of benzene rings is 2. The topological polar surface area (TPSA) is 44.4 Å². The maximum Gasteiger partial charge on any atom is 0.323 e. The van der Waals surface area contributed by atoms with Gasteiger partial charge in [0.15, 0.2) is 0 Å². The molecule has 0 aliphatic heterocycles. The van der Waals surface area contributed by atoms with Crippen LogP contribution in [0, 0.1) is 0 Å². The van der Waals surface area contributed by atoms with Crippen LogP contribution < -0.4 is 15.5 Å². The lowest BCUT2D eigenvalue weighted by atomic mass is 9.97. The Labute approximate surface area is 138 Å². The first kappa shape index (κ1) is 16.9. The third-order valence-corrected chi connectivity index (χ3v) is 3.99. The molecule has 0 aliphatic rings. The maximum absolute atomic E-state index is 12.2. The molecule has 2 aromatic rings. The van der Waals surface area contributed by atoms with E-state index >= 15 is 0 Å². The highest BCUT2D eigenvalue weighted by molar-refractivity contribution is 6.00. The number of urea groups is 1. The first-order valence-corrected chi connectivity index (χ1v) is 7.95. The van der Waals surface area contributed by atoms with E-state index < -0.39 is 0 Å². The van der Waals surface area contributed by atoms with Crippen LogP contribution in [0.3, 0.4) is 0 Å². The van der Waals surface area contributed by atoms with Gasteiger partial charge in [-0.05, 0) is 48.2 Å². The van der Waals surface area contributed by atoms with Crippen molar-refractivity contribution in [2.24, 2.45) is 0 Å². The van der Waals surface area contributed by atoms with Gasteiger partial charge in [-0.1, -0.05) is 32.0 Å². The molecule has 0 bridgehead atoms. The average molecular weight is 311 g/mol. The van der Waals surface area contributed by atoms with E-state index in [0.29, 0.717) is 5.92 Å². The van der Waals surface area contributed by atoms with Gasteiger partial charge in [-0.3, -0.25) is 0 Å². The molecule has 122 valence electrons. The van der Waals surface area contributed by atoms with Crippen LogP contribution in [0.15, 0.2) is 48.5 Å². The second kappa shape index (κ2) is 7.68. The number of para-hydroxylation sites is 1. The highest BCUT2D eigenvalue weighted by atomic mass is 16.2. The third-order valence-electron chi connectivity index (χ3n) is 3.99. The fourth-order valence-corrected chi connectivity index (χ4v) is 2.39. The average Bonchev–Trinajstić information content (AvgIpc) is 2.55. The van der Waals surface area contributed by atoms with Gasteiger partial charge in [0.05, 0.1) is 0 Å². The Morgan fingerprint density at radius 2 is 1.70 bits per heavy atom. The minimum absolute atomic E-state index is 0.224. The molecule has 0 saturated heterocycles. The molecule has 0 fully saturated rings. The van der Waals surface area contributed by atoms with Gasteiger partial charge in [0.1, 0.15) is 0 Å². The summed E-state index contributed by atoms with van der Waals surface area (Å²) in [7, 11) is 3.97. The Morgan fingerprint density at radius 3 is 2.30 bits per heavy atom. The van der Waals surface area contributed by atoms with Crippen molar-refractivity contribution in [3.8, 4) is 0 Å². The molecule has 23 heavy (non-hydrogen) atoms. The van der Waals surface area contributed by atoms with E-state index in [1.165, 1.54) is 0 Å². The molecule has 4 nitrogen and oxygen atoms in total. The Hall–Kier alpha value is -2.49. The summed E-state index contributed by atoms with van der Waals surface area (Å²) in [5.74, 6) is 0.408. The summed E-state index contributed by atoms with van der Waals surface area (Å²) in [6.07, 6.45) is 1.03. The van der Waals surface area contributed by atoms with Crippen molar-refractivity contribution >= 4 is 23.1 Å². The van der Waals surface area contributed by atoms with E-state index in [-0.39, 0.29) is 6.03 Å². The largest absolute Gasteiger partial charge is 0.378 e.